The van der Waals surface area contributed by atoms with E-state index >= 15 is 0 Å². The Kier molecular flexibility index (Phi) is 5.17. The van der Waals surface area contributed by atoms with Crippen LogP contribution in [0.3, 0.4) is 0 Å². The molecule has 3 atom stereocenters. The zero-order valence-electron chi connectivity index (χ0n) is 13.2. The summed E-state index contributed by atoms with van der Waals surface area (Å²) in [6.45, 7) is 7.77. The molecule has 0 radical (unpaired) electrons. The lowest BCUT2D eigenvalue weighted by atomic mass is 9.81. The number of hydrogen-bond acceptors (Lipinski definition) is 5. The molecular formula is C16H30N2O3. The highest BCUT2D eigenvalue weighted by atomic mass is 16.5. The number of rotatable bonds is 6. The van der Waals surface area contributed by atoms with Crippen LogP contribution in [0.4, 0.5) is 0 Å². The van der Waals surface area contributed by atoms with Gasteiger partial charge in [-0.15, -0.1) is 0 Å². The van der Waals surface area contributed by atoms with Crippen LogP contribution < -0.4 is 5.32 Å². The van der Waals surface area contributed by atoms with Gasteiger partial charge in [-0.05, 0) is 32.6 Å². The van der Waals surface area contributed by atoms with Gasteiger partial charge in [-0.2, -0.15) is 0 Å². The summed E-state index contributed by atoms with van der Waals surface area (Å²) in [6, 6.07) is 1.17. The van der Waals surface area contributed by atoms with Crippen molar-refractivity contribution in [3.63, 3.8) is 0 Å². The van der Waals surface area contributed by atoms with Crippen LogP contribution in [0, 0.1) is 5.41 Å². The van der Waals surface area contributed by atoms with Crippen LogP contribution in [-0.2, 0) is 9.47 Å². The third-order valence-electron chi connectivity index (χ3n) is 5.12. The number of hydrogen-bond donors (Lipinski definition) is 2. The topological polar surface area (TPSA) is 54.0 Å². The van der Waals surface area contributed by atoms with E-state index in [1.165, 1.54) is 19.3 Å². The molecule has 0 spiro atoms. The van der Waals surface area contributed by atoms with Crippen molar-refractivity contribution in [1.29, 1.82) is 0 Å². The van der Waals surface area contributed by atoms with Gasteiger partial charge in [0.15, 0.2) is 0 Å². The van der Waals surface area contributed by atoms with Crippen molar-refractivity contribution in [1.82, 2.24) is 10.2 Å². The standard InChI is InChI=1S/C16H30N2O3/c1-13-9-21-15(8-19)7-18(13)11-16(5-2-6-20-12-16)10-17-14-3-4-14/h13-15,17,19H,2-12H2,1H3. The Balaban J connectivity index is 1.61. The van der Waals surface area contributed by atoms with E-state index in [0.29, 0.717) is 6.04 Å². The van der Waals surface area contributed by atoms with E-state index in [1.807, 2.05) is 0 Å². The smallest absolute Gasteiger partial charge is 0.0933 e. The maximum atomic E-state index is 9.36. The van der Waals surface area contributed by atoms with Gasteiger partial charge in [-0.25, -0.2) is 0 Å². The van der Waals surface area contributed by atoms with Crippen LogP contribution in [0.1, 0.15) is 32.6 Å². The van der Waals surface area contributed by atoms with Gasteiger partial charge in [0.1, 0.15) is 0 Å². The van der Waals surface area contributed by atoms with Crippen molar-refractivity contribution in [2.24, 2.45) is 5.41 Å². The minimum Gasteiger partial charge on any atom is -0.394 e. The van der Waals surface area contributed by atoms with E-state index in [-0.39, 0.29) is 18.1 Å². The molecule has 5 nitrogen and oxygen atoms in total. The van der Waals surface area contributed by atoms with Crippen molar-refractivity contribution >= 4 is 0 Å². The van der Waals surface area contributed by atoms with E-state index < -0.39 is 0 Å². The SMILES string of the molecule is CC1COC(CO)CN1CC1(CNC2CC2)CCCOC1. The highest BCUT2D eigenvalue weighted by Crippen LogP contribution is 2.32. The number of nitrogens with one attached hydrogen (secondary N) is 1. The second-order valence-corrected chi connectivity index (χ2v) is 7.23. The molecule has 0 aromatic carbocycles. The van der Waals surface area contributed by atoms with Gasteiger partial charge in [0.05, 0.1) is 25.9 Å². The molecule has 0 aromatic heterocycles. The average Bonchev–Trinajstić information content (AvgIpc) is 3.33. The molecule has 122 valence electrons. The Hall–Kier alpha value is -0.200. The van der Waals surface area contributed by atoms with E-state index in [1.54, 1.807) is 0 Å². The number of aliphatic hydroxyl groups is 1. The molecule has 3 aliphatic rings. The normalized spacial score (nSPS) is 38.6. The number of ether oxygens (including phenoxy) is 2. The first-order valence-electron chi connectivity index (χ1n) is 8.48. The Morgan fingerprint density at radius 2 is 2.24 bits per heavy atom. The Bertz CT molecular complexity index is 329. The molecule has 0 aromatic rings. The van der Waals surface area contributed by atoms with Crippen LogP contribution in [0.15, 0.2) is 0 Å². The predicted molar refractivity (Wildman–Crippen MR) is 81.4 cm³/mol. The van der Waals surface area contributed by atoms with Crippen LogP contribution in [0.2, 0.25) is 0 Å². The maximum Gasteiger partial charge on any atom is 0.0933 e. The monoisotopic (exact) mass is 298 g/mol. The first-order chi connectivity index (χ1) is 10.2. The summed E-state index contributed by atoms with van der Waals surface area (Å²) in [5, 5.41) is 13.1. The lowest BCUT2D eigenvalue weighted by Crippen LogP contribution is -2.56. The second kappa shape index (κ2) is 6.92. The number of aliphatic hydroxyl groups excluding tert-OH is 1. The maximum absolute atomic E-state index is 9.36. The summed E-state index contributed by atoms with van der Waals surface area (Å²) in [4.78, 5) is 2.49. The van der Waals surface area contributed by atoms with Gasteiger partial charge < -0.3 is 19.9 Å². The summed E-state index contributed by atoms with van der Waals surface area (Å²) in [7, 11) is 0. The molecule has 1 saturated carbocycles. The van der Waals surface area contributed by atoms with E-state index in [0.717, 1.165) is 51.9 Å². The van der Waals surface area contributed by atoms with E-state index in [2.05, 4.69) is 17.1 Å². The van der Waals surface area contributed by atoms with E-state index in [9.17, 15) is 5.11 Å². The third-order valence-corrected chi connectivity index (χ3v) is 5.12. The number of morpholine rings is 1. The van der Waals surface area contributed by atoms with Gasteiger partial charge >= 0.3 is 0 Å². The lowest BCUT2D eigenvalue weighted by Gasteiger charge is -2.45. The van der Waals surface area contributed by atoms with Gasteiger partial charge in [0.2, 0.25) is 0 Å². The first kappa shape index (κ1) is 15.7. The zero-order chi connectivity index (χ0) is 14.7. The fraction of sp³-hybridized carbons (Fsp3) is 1.00. The van der Waals surface area contributed by atoms with Gasteiger partial charge in [0.25, 0.3) is 0 Å². The molecule has 1 aliphatic carbocycles. The van der Waals surface area contributed by atoms with Gasteiger partial charge in [0, 0.05) is 43.7 Å². The molecule has 5 heteroatoms. The quantitative estimate of drug-likeness (QED) is 0.753. The molecule has 3 rings (SSSR count). The Morgan fingerprint density at radius 3 is 2.90 bits per heavy atom. The minimum atomic E-state index is -0.0286. The summed E-state index contributed by atoms with van der Waals surface area (Å²) in [6.07, 6.45) is 5.03. The zero-order valence-corrected chi connectivity index (χ0v) is 13.2. The Morgan fingerprint density at radius 1 is 1.38 bits per heavy atom. The van der Waals surface area contributed by atoms with Gasteiger partial charge in [-0.3, -0.25) is 4.90 Å². The molecule has 2 saturated heterocycles. The first-order valence-corrected chi connectivity index (χ1v) is 8.48. The molecular weight excluding hydrogens is 268 g/mol. The van der Waals surface area contributed by atoms with Crippen molar-refractivity contribution in [3.05, 3.63) is 0 Å². The van der Waals surface area contributed by atoms with Gasteiger partial charge in [-0.1, -0.05) is 0 Å². The lowest BCUT2D eigenvalue weighted by molar-refractivity contribution is -0.102. The fourth-order valence-corrected chi connectivity index (χ4v) is 3.52. The van der Waals surface area contributed by atoms with Crippen LogP contribution >= 0.6 is 0 Å². The minimum absolute atomic E-state index is 0.0286. The Labute approximate surface area is 128 Å². The van der Waals surface area contributed by atoms with Crippen molar-refractivity contribution < 1.29 is 14.6 Å². The third kappa shape index (κ3) is 4.17. The molecule has 21 heavy (non-hydrogen) atoms. The summed E-state index contributed by atoms with van der Waals surface area (Å²) in [5.74, 6) is 0. The molecule has 2 heterocycles. The average molecular weight is 298 g/mol. The fourth-order valence-electron chi connectivity index (χ4n) is 3.52. The summed E-state index contributed by atoms with van der Waals surface area (Å²) >= 11 is 0. The molecule has 3 fully saturated rings. The molecule has 0 amide bonds. The summed E-state index contributed by atoms with van der Waals surface area (Å²) in [5.41, 5.74) is 0.229. The molecule has 2 N–H and O–H groups in total. The van der Waals surface area contributed by atoms with Crippen LogP contribution in [0.5, 0.6) is 0 Å². The van der Waals surface area contributed by atoms with Crippen molar-refractivity contribution in [2.75, 3.05) is 46.1 Å². The predicted octanol–water partition coefficient (Wildman–Crippen LogP) is 0.617. The van der Waals surface area contributed by atoms with Crippen molar-refractivity contribution in [3.8, 4) is 0 Å². The molecule has 3 unspecified atom stereocenters. The van der Waals surface area contributed by atoms with Crippen molar-refractivity contribution in [2.45, 2.75) is 50.8 Å². The highest BCUT2D eigenvalue weighted by Gasteiger charge is 2.39. The second-order valence-electron chi connectivity index (χ2n) is 7.23. The number of nitrogens with zero attached hydrogens (tertiary/aromatic N) is 1. The van der Waals surface area contributed by atoms with Crippen LogP contribution in [-0.4, -0.2) is 74.3 Å². The van der Waals surface area contributed by atoms with Crippen LogP contribution in [0.25, 0.3) is 0 Å². The highest BCUT2D eigenvalue weighted by molar-refractivity contribution is 4.93. The molecule has 0 bridgehead atoms. The largest absolute Gasteiger partial charge is 0.394 e. The summed E-state index contributed by atoms with van der Waals surface area (Å²) < 4.78 is 11.5. The van der Waals surface area contributed by atoms with E-state index in [4.69, 9.17) is 9.47 Å². The molecule has 2 aliphatic heterocycles.